The summed E-state index contributed by atoms with van der Waals surface area (Å²) in [5.41, 5.74) is 2.11. The standard InChI is InChI=1S/C20H29ClO/c1-12-4-6-14-13-5-7-16-18(21)17(22)9-11-20(16,3)15(13)8-10-19(12,14)2/h12-15H,4-11H2,1-3H3. The summed E-state index contributed by atoms with van der Waals surface area (Å²) in [5.74, 6) is 3.63. The second-order valence-electron chi connectivity index (χ2n) is 9.07. The minimum atomic E-state index is 0.197. The summed E-state index contributed by atoms with van der Waals surface area (Å²) in [5, 5.41) is 0.611. The number of fused-ring (bicyclic) bond motifs is 5. The molecule has 0 bridgehead atoms. The van der Waals surface area contributed by atoms with Gasteiger partial charge in [-0.1, -0.05) is 32.4 Å². The maximum atomic E-state index is 12.0. The van der Waals surface area contributed by atoms with Gasteiger partial charge in [0.05, 0.1) is 5.03 Å². The third kappa shape index (κ3) is 1.81. The number of halogens is 1. The van der Waals surface area contributed by atoms with Crippen molar-refractivity contribution in [2.45, 2.75) is 72.1 Å². The number of rotatable bonds is 0. The van der Waals surface area contributed by atoms with Gasteiger partial charge in [-0.3, -0.25) is 4.79 Å². The van der Waals surface area contributed by atoms with Crippen LogP contribution in [0.3, 0.4) is 0 Å². The molecule has 4 aliphatic carbocycles. The highest BCUT2D eigenvalue weighted by Crippen LogP contribution is 2.67. The number of allylic oxidation sites excluding steroid dienone is 1. The maximum Gasteiger partial charge on any atom is 0.174 e. The molecular weight excluding hydrogens is 292 g/mol. The van der Waals surface area contributed by atoms with Crippen LogP contribution in [0.5, 0.6) is 0 Å². The zero-order valence-corrected chi connectivity index (χ0v) is 15.0. The minimum absolute atomic E-state index is 0.197. The van der Waals surface area contributed by atoms with E-state index in [1.165, 1.54) is 37.7 Å². The second-order valence-corrected chi connectivity index (χ2v) is 9.45. The van der Waals surface area contributed by atoms with E-state index in [1.54, 1.807) is 0 Å². The normalized spacial score (nSPS) is 51.4. The summed E-state index contributed by atoms with van der Waals surface area (Å²) in [6, 6.07) is 0. The molecule has 4 rings (SSSR count). The van der Waals surface area contributed by atoms with Crippen molar-refractivity contribution in [2.75, 3.05) is 0 Å². The average Bonchev–Trinajstić information content (AvgIpc) is 2.79. The van der Waals surface area contributed by atoms with Gasteiger partial charge in [0.15, 0.2) is 5.78 Å². The molecule has 0 saturated heterocycles. The van der Waals surface area contributed by atoms with Gasteiger partial charge in [0, 0.05) is 6.42 Å². The minimum Gasteiger partial charge on any atom is -0.293 e. The molecule has 1 nitrogen and oxygen atoms in total. The molecular formula is C20H29ClO. The quantitative estimate of drug-likeness (QED) is 0.557. The first-order chi connectivity index (χ1) is 10.4. The highest BCUT2D eigenvalue weighted by molar-refractivity contribution is 6.43. The van der Waals surface area contributed by atoms with Crippen molar-refractivity contribution in [3.63, 3.8) is 0 Å². The number of carbonyl (C=O) groups is 1. The Labute approximate surface area is 139 Å². The molecule has 0 spiro atoms. The van der Waals surface area contributed by atoms with Crippen LogP contribution in [0.4, 0.5) is 0 Å². The predicted octanol–water partition coefficient (Wildman–Crippen LogP) is 5.72. The molecule has 22 heavy (non-hydrogen) atoms. The fourth-order valence-corrected chi connectivity index (χ4v) is 7.32. The van der Waals surface area contributed by atoms with E-state index in [4.69, 9.17) is 11.6 Å². The Morgan fingerprint density at radius 1 is 1.00 bits per heavy atom. The summed E-state index contributed by atoms with van der Waals surface area (Å²) >= 11 is 6.45. The Kier molecular flexibility index (Phi) is 3.36. The van der Waals surface area contributed by atoms with E-state index in [9.17, 15) is 4.79 Å². The number of hydrogen-bond donors (Lipinski definition) is 0. The Morgan fingerprint density at radius 3 is 2.55 bits per heavy atom. The van der Waals surface area contributed by atoms with Gasteiger partial charge in [-0.25, -0.2) is 0 Å². The van der Waals surface area contributed by atoms with Crippen molar-refractivity contribution in [3.05, 3.63) is 10.6 Å². The van der Waals surface area contributed by atoms with Crippen LogP contribution in [0.15, 0.2) is 10.6 Å². The number of ketones is 1. The lowest BCUT2D eigenvalue weighted by Gasteiger charge is -2.58. The summed E-state index contributed by atoms with van der Waals surface area (Å²) < 4.78 is 0. The lowest BCUT2D eigenvalue weighted by atomic mass is 9.47. The van der Waals surface area contributed by atoms with E-state index in [-0.39, 0.29) is 11.2 Å². The Hall–Kier alpha value is -0.300. The molecule has 0 heterocycles. The van der Waals surface area contributed by atoms with Gasteiger partial charge in [-0.15, -0.1) is 0 Å². The first-order valence-corrected chi connectivity index (χ1v) is 9.68. The largest absolute Gasteiger partial charge is 0.293 e. The smallest absolute Gasteiger partial charge is 0.174 e. The van der Waals surface area contributed by atoms with Crippen LogP contribution in [-0.4, -0.2) is 5.78 Å². The van der Waals surface area contributed by atoms with E-state index in [1.807, 2.05) is 0 Å². The van der Waals surface area contributed by atoms with Crippen LogP contribution >= 0.6 is 11.6 Å². The monoisotopic (exact) mass is 320 g/mol. The van der Waals surface area contributed by atoms with Crippen molar-refractivity contribution < 1.29 is 4.79 Å². The van der Waals surface area contributed by atoms with E-state index in [2.05, 4.69) is 20.8 Å². The van der Waals surface area contributed by atoms with Crippen molar-refractivity contribution in [3.8, 4) is 0 Å². The topological polar surface area (TPSA) is 17.1 Å². The SMILES string of the molecule is CC1CCC2C3CCC4=C(Cl)C(=O)CCC4(C)C3CCC12C. The van der Waals surface area contributed by atoms with E-state index >= 15 is 0 Å². The molecule has 3 saturated carbocycles. The molecule has 4 aliphatic rings. The van der Waals surface area contributed by atoms with E-state index < -0.39 is 0 Å². The number of carbonyl (C=O) groups excluding carboxylic acids is 1. The molecule has 2 heteroatoms. The van der Waals surface area contributed by atoms with Gasteiger partial charge in [-0.2, -0.15) is 0 Å². The summed E-state index contributed by atoms with van der Waals surface area (Å²) in [6.07, 6.45) is 9.63. The average molecular weight is 321 g/mol. The van der Waals surface area contributed by atoms with E-state index in [0.717, 1.165) is 36.5 Å². The molecule has 0 amide bonds. The van der Waals surface area contributed by atoms with Crippen LogP contribution in [0.1, 0.15) is 72.1 Å². The lowest BCUT2D eigenvalue weighted by Crippen LogP contribution is -2.50. The zero-order valence-electron chi connectivity index (χ0n) is 14.3. The van der Waals surface area contributed by atoms with Crippen molar-refractivity contribution in [1.82, 2.24) is 0 Å². The first-order valence-electron chi connectivity index (χ1n) is 9.30. The fourth-order valence-electron chi connectivity index (χ4n) is 6.91. The van der Waals surface area contributed by atoms with Crippen molar-refractivity contribution in [2.24, 2.45) is 34.5 Å². The van der Waals surface area contributed by atoms with Crippen LogP contribution in [0.2, 0.25) is 0 Å². The molecule has 0 aromatic rings. The van der Waals surface area contributed by atoms with Crippen molar-refractivity contribution in [1.29, 1.82) is 0 Å². The Balaban J connectivity index is 1.72. The summed E-state index contributed by atoms with van der Waals surface area (Å²) in [6.45, 7) is 7.47. The third-order valence-electron chi connectivity index (χ3n) is 8.53. The van der Waals surface area contributed by atoms with Crippen LogP contribution < -0.4 is 0 Å². The summed E-state index contributed by atoms with van der Waals surface area (Å²) in [4.78, 5) is 12.0. The van der Waals surface area contributed by atoms with Crippen LogP contribution in [0, 0.1) is 34.5 Å². The molecule has 0 radical (unpaired) electrons. The molecule has 122 valence electrons. The second kappa shape index (κ2) is 4.85. The van der Waals surface area contributed by atoms with Crippen molar-refractivity contribution >= 4 is 17.4 Å². The third-order valence-corrected chi connectivity index (χ3v) is 8.97. The molecule has 6 unspecified atom stereocenters. The highest BCUT2D eigenvalue weighted by Gasteiger charge is 2.58. The maximum absolute atomic E-state index is 12.0. The lowest BCUT2D eigenvalue weighted by molar-refractivity contribution is -0.118. The molecule has 0 aliphatic heterocycles. The zero-order chi connectivity index (χ0) is 15.7. The van der Waals surface area contributed by atoms with Crippen LogP contribution in [-0.2, 0) is 4.79 Å². The molecule has 0 aromatic heterocycles. The van der Waals surface area contributed by atoms with Gasteiger partial charge in [0.25, 0.3) is 0 Å². The molecule has 3 fully saturated rings. The van der Waals surface area contributed by atoms with E-state index in [0.29, 0.717) is 16.9 Å². The molecule has 0 aromatic carbocycles. The Morgan fingerprint density at radius 2 is 1.77 bits per heavy atom. The van der Waals surface area contributed by atoms with Gasteiger partial charge in [-0.05, 0) is 85.0 Å². The van der Waals surface area contributed by atoms with Gasteiger partial charge in [0.1, 0.15) is 0 Å². The molecule has 0 N–H and O–H groups in total. The Bertz CT molecular complexity index is 550. The van der Waals surface area contributed by atoms with Crippen LogP contribution in [0.25, 0.3) is 0 Å². The highest BCUT2D eigenvalue weighted by atomic mass is 35.5. The predicted molar refractivity (Wildman–Crippen MR) is 90.7 cm³/mol. The van der Waals surface area contributed by atoms with Gasteiger partial charge >= 0.3 is 0 Å². The number of hydrogen-bond acceptors (Lipinski definition) is 1. The molecule has 6 atom stereocenters. The number of Topliss-reactive ketones (excluding diaryl/α,β-unsaturated/α-hetero) is 1. The first kappa shape index (κ1) is 15.2. The summed E-state index contributed by atoms with van der Waals surface area (Å²) in [7, 11) is 0. The fraction of sp³-hybridized carbons (Fsp3) is 0.850. The van der Waals surface area contributed by atoms with Gasteiger partial charge in [0.2, 0.25) is 0 Å². The van der Waals surface area contributed by atoms with Gasteiger partial charge < -0.3 is 0 Å².